The van der Waals surface area contributed by atoms with Crippen molar-refractivity contribution in [3.63, 3.8) is 0 Å². The molecule has 5 rings (SSSR count). The smallest absolute Gasteiger partial charge is 0.159 e. The maximum atomic E-state index is 6.35. The van der Waals surface area contributed by atoms with Gasteiger partial charge in [0.25, 0.3) is 0 Å². The number of amidine groups is 2. The van der Waals surface area contributed by atoms with E-state index >= 15 is 0 Å². The number of halogens is 2. The van der Waals surface area contributed by atoms with Gasteiger partial charge in [0.05, 0.1) is 36.7 Å². The highest BCUT2D eigenvalue weighted by molar-refractivity contribution is 8.13. The SMILES string of the molecule is Clc1cc(CSC2=NCN(CC3CC3)CN2)c(CSC2=NCN(CC3CC3)CN2)cc1Cl. The highest BCUT2D eigenvalue weighted by atomic mass is 35.5. The molecule has 2 fully saturated rings. The summed E-state index contributed by atoms with van der Waals surface area (Å²) in [5.74, 6) is 3.41. The number of rotatable bonds is 8. The van der Waals surface area contributed by atoms with Crippen LogP contribution in [0.1, 0.15) is 36.8 Å². The van der Waals surface area contributed by atoms with Crippen molar-refractivity contribution in [2.45, 2.75) is 37.2 Å². The molecule has 0 saturated heterocycles. The van der Waals surface area contributed by atoms with Crippen molar-refractivity contribution in [1.29, 1.82) is 0 Å². The Morgan fingerprint density at radius 3 is 1.56 bits per heavy atom. The highest BCUT2D eigenvalue weighted by Gasteiger charge is 2.26. The Kier molecular flexibility index (Phi) is 7.76. The maximum absolute atomic E-state index is 6.35. The lowest BCUT2D eigenvalue weighted by Gasteiger charge is -2.27. The van der Waals surface area contributed by atoms with Crippen LogP contribution in [0.15, 0.2) is 22.1 Å². The molecule has 2 aliphatic carbocycles. The molecule has 0 aromatic heterocycles. The second-order valence-corrected chi connectivity index (χ2v) is 11.8. The number of nitrogens with zero attached hydrogens (tertiary/aromatic N) is 4. The van der Waals surface area contributed by atoms with E-state index < -0.39 is 0 Å². The summed E-state index contributed by atoms with van der Waals surface area (Å²) >= 11 is 16.2. The molecule has 32 heavy (non-hydrogen) atoms. The van der Waals surface area contributed by atoms with Crippen LogP contribution in [0, 0.1) is 11.8 Å². The number of nitrogens with one attached hydrogen (secondary N) is 2. The summed E-state index contributed by atoms with van der Waals surface area (Å²) in [7, 11) is 0. The summed E-state index contributed by atoms with van der Waals surface area (Å²) in [6, 6.07) is 4.01. The molecule has 2 saturated carbocycles. The van der Waals surface area contributed by atoms with Crippen molar-refractivity contribution in [3.05, 3.63) is 33.3 Å². The fraction of sp³-hybridized carbons (Fsp3) is 0.636. The van der Waals surface area contributed by atoms with Crippen LogP contribution in [0.2, 0.25) is 10.0 Å². The first-order valence-electron chi connectivity index (χ1n) is 11.4. The molecule has 0 spiro atoms. The Labute approximate surface area is 209 Å². The Hall–Kier alpha value is -0.640. The number of thioether (sulfide) groups is 2. The molecular formula is C22H30Cl2N6S2. The Morgan fingerprint density at radius 2 is 1.22 bits per heavy atom. The highest BCUT2D eigenvalue weighted by Crippen LogP contribution is 2.32. The van der Waals surface area contributed by atoms with E-state index in [4.69, 9.17) is 33.2 Å². The molecule has 6 nitrogen and oxygen atoms in total. The van der Waals surface area contributed by atoms with E-state index in [0.717, 1.165) is 60.4 Å². The van der Waals surface area contributed by atoms with Crippen LogP contribution in [0.4, 0.5) is 0 Å². The van der Waals surface area contributed by atoms with Crippen molar-refractivity contribution in [2.75, 3.05) is 39.8 Å². The quantitative estimate of drug-likeness (QED) is 0.529. The predicted octanol–water partition coefficient (Wildman–Crippen LogP) is 4.63. The van der Waals surface area contributed by atoms with E-state index in [-0.39, 0.29) is 0 Å². The van der Waals surface area contributed by atoms with E-state index in [1.807, 2.05) is 12.1 Å². The fourth-order valence-electron chi connectivity index (χ4n) is 3.86. The maximum Gasteiger partial charge on any atom is 0.159 e. The van der Waals surface area contributed by atoms with Crippen molar-refractivity contribution in [1.82, 2.24) is 20.4 Å². The lowest BCUT2D eigenvalue weighted by Crippen LogP contribution is -2.42. The van der Waals surface area contributed by atoms with Crippen molar-refractivity contribution >= 4 is 57.1 Å². The van der Waals surface area contributed by atoms with Crippen LogP contribution in [0.5, 0.6) is 0 Å². The standard InChI is InChI=1S/C22H30Cl2N6S2/c23-19-5-17(9-31-21-25-11-29(12-26-21)7-15-1-2-15)18(6-20(19)24)10-32-22-27-13-30(14-28-22)8-16-3-4-16/h5-6,15-16H,1-4,7-14H2,(H,25,26)(H,27,28). The minimum Gasteiger partial charge on any atom is -0.352 e. The molecular weight excluding hydrogens is 483 g/mol. The summed E-state index contributed by atoms with van der Waals surface area (Å²) < 4.78 is 0. The molecule has 4 aliphatic rings. The van der Waals surface area contributed by atoms with Gasteiger partial charge in [-0.2, -0.15) is 0 Å². The van der Waals surface area contributed by atoms with E-state index in [9.17, 15) is 0 Å². The number of aliphatic imine (C=N–C) groups is 2. The van der Waals surface area contributed by atoms with E-state index in [1.54, 1.807) is 23.5 Å². The fourth-order valence-corrected chi connectivity index (χ4v) is 5.98. The first-order chi connectivity index (χ1) is 15.6. The minimum atomic E-state index is 0.606. The Balaban J connectivity index is 1.15. The minimum absolute atomic E-state index is 0.606. The van der Waals surface area contributed by atoms with Gasteiger partial charge in [-0.1, -0.05) is 46.7 Å². The largest absolute Gasteiger partial charge is 0.352 e. The van der Waals surface area contributed by atoms with Gasteiger partial charge in [-0.05, 0) is 60.8 Å². The molecule has 0 unspecified atom stereocenters. The van der Waals surface area contributed by atoms with Gasteiger partial charge < -0.3 is 10.6 Å². The topological polar surface area (TPSA) is 55.3 Å². The van der Waals surface area contributed by atoms with E-state index in [2.05, 4.69) is 20.4 Å². The van der Waals surface area contributed by atoms with Gasteiger partial charge in [0.15, 0.2) is 10.3 Å². The molecule has 0 atom stereocenters. The second-order valence-electron chi connectivity index (χ2n) is 9.09. The molecule has 174 valence electrons. The van der Waals surface area contributed by atoms with Crippen molar-refractivity contribution in [3.8, 4) is 0 Å². The van der Waals surface area contributed by atoms with Crippen LogP contribution in [-0.4, -0.2) is 59.9 Å². The van der Waals surface area contributed by atoms with Gasteiger partial charge in [0, 0.05) is 24.6 Å². The first kappa shape index (κ1) is 23.1. The Bertz CT molecular complexity index is 816. The van der Waals surface area contributed by atoms with Crippen LogP contribution >= 0.6 is 46.7 Å². The third-order valence-corrected chi connectivity index (χ3v) is 8.86. The molecule has 2 aliphatic heterocycles. The van der Waals surface area contributed by atoms with Gasteiger partial charge >= 0.3 is 0 Å². The van der Waals surface area contributed by atoms with Gasteiger partial charge in [0.2, 0.25) is 0 Å². The third-order valence-electron chi connectivity index (χ3n) is 6.13. The van der Waals surface area contributed by atoms with Crippen molar-refractivity contribution in [2.24, 2.45) is 21.8 Å². The summed E-state index contributed by atoms with van der Waals surface area (Å²) in [6.45, 7) is 5.68. The average molecular weight is 514 g/mol. The molecule has 0 bridgehead atoms. The zero-order valence-electron chi connectivity index (χ0n) is 18.2. The predicted molar refractivity (Wildman–Crippen MR) is 139 cm³/mol. The normalized spacial score (nSPS) is 22.2. The molecule has 1 aromatic rings. The molecule has 2 heterocycles. The van der Waals surface area contributed by atoms with Gasteiger partial charge in [0.1, 0.15) is 0 Å². The second kappa shape index (κ2) is 10.7. The van der Waals surface area contributed by atoms with Crippen LogP contribution < -0.4 is 10.6 Å². The van der Waals surface area contributed by atoms with Crippen molar-refractivity contribution < 1.29 is 0 Å². The molecule has 0 radical (unpaired) electrons. The van der Waals surface area contributed by atoms with Crippen LogP contribution in [0.3, 0.4) is 0 Å². The van der Waals surface area contributed by atoms with Gasteiger partial charge in [-0.3, -0.25) is 9.80 Å². The van der Waals surface area contributed by atoms with Crippen LogP contribution in [0.25, 0.3) is 0 Å². The summed E-state index contributed by atoms with van der Waals surface area (Å²) in [5, 5.41) is 10.2. The molecule has 0 amide bonds. The number of hydrogen-bond donors (Lipinski definition) is 2. The third kappa shape index (κ3) is 6.70. The van der Waals surface area contributed by atoms with Crippen LogP contribution in [-0.2, 0) is 11.5 Å². The summed E-state index contributed by atoms with van der Waals surface area (Å²) in [4.78, 5) is 14.2. The lowest BCUT2D eigenvalue weighted by atomic mass is 10.1. The van der Waals surface area contributed by atoms with E-state index in [0.29, 0.717) is 10.0 Å². The zero-order valence-corrected chi connectivity index (χ0v) is 21.3. The van der Waals surface area contributed by atoms with Gasteiger partial charge in [-0.15, -0.1) is 0 Å². The zero-order chi connectivity index (χ0) is 21.9. The van der Waals surface area contributed by atoms with Gasteiger partial charge in [-0.25, -0.2) is 9.98 Å². The molecule has 10 heteroatoms. The number of benzene rings is 1. The Morgan fingerprint density at radius 1 is 0.781 bits per heavy atom. The summed E-state index contributed by atoms with van der Waals surface area (Å²) in [6.07, 6.45) is 5.50. The lowest BCUT2D eigenvalue weighted by molar-refractivity contribution is 0.256. The molecule has 2 N–H and O–H groups in total. The van der Waals surface area contributed by atoms with E-state index in [1.165, 1.54) is 49.9 Å². The summed E-state index contributed by atoms with van der Waals surface area (Å²) in [5.41, 5.74) is 2.40. The molecule has 1 aromatic carbocycles. The number of hydrogen-bond acceptors (Lipinski definition) is 8. The first-order valence-corrected chi connectivity index (χ1v) is 14.1. The average Bonchev–Trinajstić information content (AvgIpc) is 3.73. The monoisotopic (exact) mass is 512 g/mol.